The van der Waals surface area contributed by atoms with Crippen LogP contribution >= 0.6 is 0 Å². The fourth-order valence-electron chi connectivity index (χ4n) is 3.63. The number of amides is 1. The van der Waals surface area contributed by atoms with Gasteiger partial charge in [-0.2, -0.15) is 0 Å². The summed E-state index contributed by atoms with van der Waals surface area (Å²) < 4.78 is 29.2. The van der Waals surface area contributed by atoms with Gasteiger partial charge in [0.05, 0.1) is 4.75 Å². The van der Waals surface area contributed by atoms with Crippen LogP contribution in [0.5, 0.6) is 0 Å². The quantitative estimate of drug-likeness (QED) is 0.556. The van der Waals surface area contributed by atoms with E-state index < -0.39 is 55.9 Å². The van der Waals surface area contributed by atoms with Crippen LogP contribution in [0.4, 0.5) is 0 Å². The highest BCUT2D eigenvalue weighted by Gasteiger charge is 2.73. The van der Waals surface area contributed by atoms with Crippen LogP contribution in [-0.4, -0.2) is 58.5 Å². The van der Waals surface area contributed by atoms with Crippen molar-refractivity contribution in [3.05, 3.63) is 0 Å². The molecule has 0 radical (unpaired) electrons. The number of carboxylic acid groups (broad SMARTS) is 1. The van der Waals surface area contributed by atoms with Gasteiger partial charge < -0.3 is 14.7 Å². The third-order valence-electron chi connectivity index (χ3n) is 4.76. The molecule has 0 spiro atoms. The van der Waals surface area contributed by atoms with Gasteiger partial charge in [-0.25, -0.2) is 13.2 Å². The molecule has 0 aromatic heterocycles. The molecule has 136 valence electrons. The molecule has 0 aliphatic carbocycles. The number of hydrogen-bond acceptors (Lipinski definition) is 6. The number of ether oxygens (including phenoxy) is 1. The fraction of sp³-hybridized carbons (Fsp3) is 0.800. The van der Waals surface area contributed by atoms with Crippen molar-refractivity contribution in [1.29, 1.82) is 0 Å². The van der Waals surface area contributed by atoms with E-state index >= 15 is 0 Å². The molecule has 1 N–H and O–H groups in total. The number of esters is 1. The molecule has 8 nitrogen and oxygen atoms in total. The second kappa shape index (κ2) is 5.72. The van der Waals surface area contributed by atoms with Gasteiger partial charge in [-0.05, 0) is 26.2 Å². The summed E-state index contributed by atoms with van der Waals surface area (Å²) in [5.74, 6) is -3.52. The number of carbonyl (C=O) groups excluding carboxylic acids is 2. The van der Waals surface area contributed by atoms with E-state index in [9.17, 15) is 27.9 Å². The highest BCUT2D eigenvalue weighted by molar-refractivity contribution is 7.93. The Kier molecular flexibility index (Phi) is 4.45. The largest absolute Gasteiger partial charge is 0.480 e. The van der Waals surface area contributed by atoms with Crippen LogP contribution in [0.2, 0.25) is 0 Å². The first-order chi connectivity index (χ1) is 10.8. The molecule has 24 heavy (non-hydrogen) atoms. The number of nitrogens with zero attached hydrogens (tertiary/aromatic N) is 1. The Balaban J connectivity index is 2.45. The molecule has 2 aliphatic rings. The van der Waals surface area contributed by atoms with Gasteiger partial charge in [0.2, 0.25) is 5.91 Å². The van der Waals surface area contributed by atoms with Gasteiger partial charge in [-0.15, -0.1) is 0 Å². The van der Waals surface area contributed by atoms with Crippen LogP contribution in [0, 0.1) is 11.8 Å². The highest BCUT2D eigenvalue weighted by atomic mass is 32.2. The number of carboxylic acids is 1. The zero-order valence-electron chi connectivity index (χ0n) is 14.3. The van der Waals surface area contributed by atoms with E-state index in [0.717, 1.165) is 4.90 Å². The normalized spacial score (nSPS) is 31.3. The minimum Gasteiger partial charge on any atom is -0.480 e. The molecule has 0 unspecified atom stereocenters. The molecule has 2 rings (SSSR count). The second-order valence-electron chi connectivity index (χ2n) is 7.33. The summed E-state index contributed by atoms with van der Waals surface area (Å²) in [4.78, 5) is 36.3. The zero-order chi connectivity index (χ0) is 18.6. The van der Waals surface area contributed by atoms with Crippen LogP contribution in [0.3, 0.4) is 0 Å². The van der Waals surface area contributed by atoms with Crippen molar-refractivity contribution >= 4 is 27.7 Å². The Hall–Kier alpha value is -1.64. The zero-order valence-corrected chi connectivity index (χ0v) is 15.2. The Bertz CT molecular complexity index is 682. The third kappa shape index (κ3) is 2.49. The fourth-order valence-corrected chi connectivity index (χ4v) is 5.98. The van der Waals surface area contributed by atoms with Crippen LogP contribution in [0.25, 0.3) is 0 Å². The van der Waals surface area contributed by atoms with Gasteiger partial charge in [-0.1, -0.05) is 13.8 Å². The predicted molar refractivity (Wildman–Crippen MR) is 83.6 cm³/mol. The minimum atomic E-state index is -3.93. The smallest absolute Gasteiger partial charge is 0.328 e. The Morgan fingerprint density at radius 3 is 2.29 bits per heavy atom. The molecule has 2 saturated heterocycles. The van der Waals surface area contributed by atoms with E-state index in [2.05, 4.69) is 0 Å². The Morgan fingerprint density at radius 2 is 1.88 bits per heavy atom. The van der Waals surface area contributed by atoms with Gasteiger partial charge in [0, 0.05) is 6.92 Å². The van der Waals surface area contributed by atoms with E-state index in [4.69, 9.17) is 4.74 Å². The summed E-state index contributed by atoms with van der Waals surface area (Å²) >= 11 is 0. The second-order valence-corrected chi connectivity index (χ2v) is 9.95. The molecule has 1 amide bonds. The lowest BCUT2D eigenvalue weighted by molar-refractivity contribution is -0.176. The first-order valence-corrected chi connectivity index (χ1v) is 9.34. The minimum absolute atomic E-state index is 0.0728. The van der Waals surface area contributed by atoms with E-state index in [-0.39, 0.29) is 5.92 Å². The maximum atomic E-state index is 12.8. The van der Waals surface area contributed by atoms with E-state index in [1.807, 2.05) is 13.8 Å². The van der Waals surface area contributed by atoms with E-state index in [0.29, 0.717) is 6.42 Å². The molecule has 9 heteroatoms. The average Bonchev–Trinajstić information content (AvgIpc) is 2.51. The molecule has 0 bridgehead atoms. The number of carbonyl (C=O) groups is 3. The summed E-state index contributed by atoms with van der Waals surface area (Å²) in [7, 11) is -3.93. The lowest BCUT2D eigenvalue weighted by Gasteiger charge is -2.45. The lowest BCUT2D eigenvalue weighted by Crippen LogP contribution is -2.67. The molecule has 0 aromatic carbocycles. The standard InChI is InChI=1S/C15H23NO7S/c1-7(2)6-9(23-8(3)17)10-12(18)16-11(14(19)20)15(4,5)24(21,22)13(10)16/h7,9-11,13H,6H2,1-5H3,(H,19,20)/t9-,10+,11-,13+/m0/s1. The summed E-state index contributed by atoms with van der Waals surface area (Å²) in [5.41, 5.74) is 0. The summed E-state index contributed by atoms with van der Waals surface area (Å²) in [6, 6.07) is -1.44. The lowest BCUT2D eigenvalue weighted by atomic mass is 9.84. The Morgan fingerprint density at radius 1 is 1.33 bits per heavy atom. The molecular weight excluding hydrogens is 338 g/mol. The number of hydrogen-bond donors (Lipinski definition) is 1. The highest BCUT2D eigenvalue weighted by Crippen LogP contribution is 2.50. The molecule has 2 aliphatic heterocycles. The van der Waals surface area contributed by atoms with Gasteiger partial charge in [-0.3, -0.25) is 9.59 Å². The average molecular weight is 361 g/mol. The van der Waals surface area contributed by atoms with Gasteiger partial charge in [0.25, 0.3) is 0 Å². The molecular formula is C15H23NO7S. The maximum absolute atomic E-state index is 12.8. The SMILES string of the molecule is CC(=O)O[C@@H](CC(C)C)[C@@H]1C(=O)N2[C@@H](C(=O)O)C(C)(C)S(=O)(=O)[C@H]12. The van der Waals surface area contributed by atoms with Crippen LogP contribution < -0.4 is 0 Å². The van der Waals surface area contributed by atoms with Gasteiger partial charge in [0.15, 0.2) is 15.2 Å². The van der Waals surface area contributed by atoms with Crippen molar-refractivity contribution in [2.45, 2.75) is 63.3 Å². The van der Waals surface area contributed by atoms with E-state index in [1.54, 1.807) is 0 Å². The van der Waals surface area contributed by atoms with Gasteiger partial charge in [0.1, 0.15) is 18.1 Å². The maximum Gasteiger partial charge on any atom is 0.328 e. The van der Waals surface area contributed by atoms with Gasteiger partial charge >= 0.3 is 11.9 Å². The van der Waals surface area contributed by atoms with Crippen molar-refractivity contribution in [1.82, 2.24) is 4.90 Å². The molecule has 0 saturated carbocycles. The van der Waals surface area contributed by atoms with Crippen molar-refractivity contribution in [2.75, 3.05) is 0 Å². The van der Waals surface area contributed by atoms with Crippen LogP contribution in [0.1, 0.15) is 41.0 Å². The number of aliphatic carboxylic acids is 1. The number of rotatable bonds is 5. The van der Waals surface area contributed by atoms with E-state index in [1.165, 1.54) is 20.8 Å². The first kappa shape index (κ1) is 18.7. The predicted octanol–water partition coefficient (Wildman–Crippen LogP) is 0.409. The Labute approximate surface area is 141 Å². The topological polar surface area (TPSA) is 118 Å². The van der Waals surface area contributed by atoms with Crippen molar-refractivity contribution in [3.8, 4) is 0 Å². The number of β-lactam (4-membered cyclic amide) rings is 1. The van der Waals surface area contributed by atoms with Crippen LogP contribution in [-0.2, 0) is 29.0 Å². The molecule has 0 aromatic rings. The number of sulfone groups is 1. The molecule has 2 heterocycles. The van der Waals surface area contributed by atoms with Crippen LogP contribution in [0.15, 0.2) is 0 Å². The van der Waals surface area contributed by atoms with Crippen molar-refractivity contribution in [3.63, 3.8) is 0 Å². The monoisotopic (exact) mass is 361 g/mol. The first-order valence-electron chi connectivity index (χ1n) is 7.79. The summed E-state index contributed by atoms with van der Waals surface area (Å²) in [5, 5.41) is 8.13. The molecule has 2 fully saturated rings. The number of fused-ring (bicyclic) bond motifs is 1. The summed E-state index contributed by atoms with van der Waals surface area (Å²) in [6.45, 7) is 7.55. The third-order valence-corrected chi connectivity index (χ3v) is 7.61. The van der Waals surface area contributed by atoms with Crippen molar-refractivity contribution in [2.24, 2.45) is 11.8 Å². The summed E-state index contributed by atoms with van der Waals surface area (Å²) in [6.07, 6.45) is -0.553. The molecule has 4 atom stereocenters. The van der Waals surface area contributed by atoms with Crippen molar-refractivity contribution < 1.29 is 32.6 Å².